The summed E-state index contributed by atoms with van der Waals surface area (Å²) in [5, 5.41) is 23.6. The number of ether oxygens (including phenoxy) is 5. The number of piperidine rings is 1. The number of esters is 1. The van der Waals surface area contributed by atoms with Crippen molar-refractivity contribution in [3.05, 3.63) is 23.3 Å². The largest absolute Gasteiger partial charge is 0.456 e. The first kappa shape index (κ1) is 46.5. The number of rotatable bonds is 6. The van der Waals surface area contributed by atoms with Crippen LogP contribution in [0, 0.1) is 29.6 Å². The number of halogens is 1. The molecule has 2 saturated heterocycles. The van der Waals surface area contributed by atoms with E-state index >= 15 is 0 Å². The molecule has 4 aliphatic rings. The van der Waals surface area contributed by atoms with Crippen molar-refractivity contribution < 1.29 is 53.1 Å². The zero-order chi connectivity index (χ0) is 41.5. The second-order valence-corrected chi connectivity index (χ2v) is 17.7. The maximum atomic E-state index is 14.3. The average molecular weight is 810 g/mol. The number of aliphatic hydroxyl groups is 2. The predicted molar refractivity (Wildman–Crippen MR) is 212 cm³/mol. The van der Waals surface area contributed by atoms with Gasteiger partial charge in [0, 0.05) is 52.0 Å². The molecule has 3 heterocycles. The molecule has 0 radical (unpaired) electrons. The minimum Gasteiger partial charge on any atom is -0.456 e. The van der Waals surface area contributed by atoms with E-state index < -0.39 is 77.8 Å². The lowest BCUT2D eigenvalue weighted by Crippen LogP contribution is -2.64. The Bertz CT molecular complexity index is 1440. The molecule has 12 nitrogen and oxygen atoms in total. The van der Waals surface area contributed by atoms with Crippen LogP contribution < -0.4 is 0 Å². The van der Waals surface area contributed by atoms with Crippen molar-refractivity contribution in [2.75, 3.05) is 27.9 Å². The van der Waals surface area contributed by atoms with Crippen molar-refractivity contribution >= 4 is 35.0 Å². The number of allylic oxidation sites excluding steroid dienone is 3. The number of hydrogen-bond acceptors (Lipinski definition) is 11. The molecule has 0 spiro atoms. The van der Waals surface area contributed by atoms with Crippen LogP contribution in [0.5, 0.6) is 0 Å². The van der Waals surface area contributed by atoms with Crippen molar-refractivity contribution in [1.29, 1.82) is 0 Å². The summed E-state index contributed by atoms with van der Waals surface area (Å²) in [6.07, 6.45) is 5.16. The Morgan fingerprint density at radius 1 is 0.964 bits per heavy atom. The van der Waals surface area contributed by atoms with E-state index in [1.54, 1.807) is 21.0 Å². The molecule has 3 aliphatic heterocycles. The van der Waals surface area contributed by atoms with Gasteiger partial charge in [-0.25, -0.2) is 4.79 Å². The number of methoxy groups -OCH3 is 3. The van der Waals surface area contributed by atoms with Crippen LogP contribution in [0.15, 0.2) is 23.3 Å². The van der Waals surface area contributed by atoms with Gasteiger partial charge in [-0.1, -0.05) is 45.4 Å². The number of carbonyl (C=O) groups excluding carboxylic acids is 4. The van der Waals surface area contributed by atoms with E-state index in [2.05, 4.69) is 6.92 Å². The summed E-state index contributed by atoms with van der Waals surface area (Å²) in [7, 11) is 4.71. The highest BCUT2D eigenvalue weighted by atomic mass is 35.5. The van der Waals surface area contributed by atoms with Gasteiger partial charge in [-0.3, -0.25) is 14.4 Å². The molecule has 1 unspecified atom stereocenters. The van der Waals surface area contributed by atoms with E-state index in [-0.39, 0.29) is 54.9 Å². The van der Waals surface area contributed by atoms with Crippen LogP contribution in [-0.4, -0.2) is 120 Å². The molecule has 1 amide bonds. The van der Waals surface area contributed by atoms with Crippen LogP contribution in [0.3, 0.4) is 0 Å². The molecule has 1 saturated carbocycles. The summed E-state index contributed by atoms with van der Waals surface area (Å²) in [5.74, 6) is -7.31. The summed E-state index contributed by atoms with van der Waals surface area (Å²) in [5.41, 5.74) is 1.71. The van der Waals surface area contributed by atoms with Crippen molar-refractivity contribution in [3.63, 3.8) is 0 Å². The maximum Gasteiger partial charge on any atom is 0.329 e. The molecule has 13 heteroatoms. The second kappa shape index (κ2) is 20.7. The molecule has 0 aromatic rings. The SMILES string of the molecule is CC[C@@H]1/C=C(\C)C[C@H](C)C[C@H](OC)[C@H]2OC(O)(C(=O)C(=O)N3CCCC[C@H]3C(=O)O[C@H](/C(C)=C/[C@@H]3CC[C@H](Cl)[C@H](OC)C3)[C@H](C)[C@@H](O)CC1=O)[C@H](C)C[C@@H]2OC. The van der Waals surface area contributed by atoms with E-state index in [0.717, 1.165) is 18.4 Å². The number of cyclic esters (lactones) is 1. The van der Waals surface area contributed by atoms with Crippen molar-refractivity contribution in [2.45, 2.75) is 166 Å². The van der Waals surface area contributed by atoms with Crippen LogP contribution in [0.2, 0.25) is 0 Å². The Morgan fingerprint density at radius 3 is 2.27 bits per heavy atom. The van der Waals surface area contributed by atoms with Crippen LogP contribution in [0.25, 0.3) is 0 Å². The first-order valence-corrected chi connectivity index (χ1v) is 21.2. The zero-order valence-electron chi connectivity index (χ0n) is 35.0. The van der Waals surface area contributed by atoms with Gasteiger partial charge < -0.3 is 38.8 Å². The average Bonchev–Trinajstić information content (AvgIpc) is 3.18. The topological polar surface area (TPSA) is 158 Å². The molecule has 318 valence electrons. The standard InChI is InChI=1S/C43H68ClNO11/c1-10-30-18-24(2)17-25(3)19-36(53-8)39-37(54-9)21-27(5)43(51,56-39)40(48)41(49)45-16-12-11-13-32(45)42(50)55-38(28(6)33(46)23-34(30)47)26(4)20-29-14-15-31(44)35(22-29)52-7/h18,20,25,27-33,35-39,46,51H,10-17,19,21-23H2,1-9H3/b24-18+,26-20+/t25-,27+,28+,29-,30+,31-,32-,33-,35+,36-,37-,38+,39+,43?/m0/s1. The predicted octanol–water partition coefficient (Wildman–Crippen LogP) is 5.72. The first-order chi connectivity index (χ1) is 26.5. The summed E-state index contributed by atoms with van der Waals surface area (Å²) >= 11 is 6.52. The van der Waals surface area contributed by atoms with Crippen molar-refractivity contribution in [1.82, 2.24) is 4.90 Å². The Hall–Kier alpha value is -2.19. The number of aliphatic hydroxyl groups excluding tert-OH is 1. The summed E-state index contributed by atoms with van der Waals surface area (Å²) < 4.78 is 29.9. The van der Waals surface area contributed by atoms with Crippen molar-refractivity contribution in [3.8, 4) is 0 Å². The highest BCUT2D eigenvalue weighted by Crippen LogP contribution is 2.39. The van der Waals surface area contributed by atoms with Crippen LogP contribution in [0.4, 0.5) is 0 Å². The first-order valence-electron chi connectivity index (χ1n) is 20.7. The Balaban J connectivity index is 1.76. The highest BCUT2D eigenvalue weighted by molar-refractivity contribution is 6.39. The lowest BCUT2D eigenvalue weighted by molar-refractivity contribution is -0.302. The van der Waals surface area contributed by atoms with Crippen molar-refractivity contribution in [2.24, 2.45) is 29.6 Å². The molecule has 3 fully saturated rings. The third-order valence-corrected chi connectivity index (χ3v) is 13.3. The lowest BCUT2D eigenvalue weighted by Gasteiger charge is -2.47. The van der Waals surface area contributed by atoms with Gasteiger partial charge in [-0.2, -0.15) is 0 Å². The minimum absolute atomic E-state index is 0.0425. The number of amides is 1. The van der Waals surface area contributed by atoms with Crippen LogP contribution >= 0.6 is 11.6 Å². The van der Waals surface area contributed by atoms with Crippen LogP contribution in [-0.2, 0) is 42.9 Å². The van der Waals surface area contributed by atoms with Gasteiger partial charge in [0.2, 0.25) is 5.79 Å². The van der Waals surface area contributed by atoms with E-state index in [4.69, 9.17) is 35.3 Å². The number of carbonyl (C=O) groups is 4. The van der Waals surface area contributed by atoms with Crippen LogP contribution in [0.1, 0.15) is 112 Å². The molecule has 2 N–H and O–H groups in total. The Labute approximate surface area is 339 Å². The summed E-state index contributed by atoms with van der Waals surface area (Å²) in [6, 6.07) is -1.12. The molecule has 0 aromatic carbocycles. The third kappa shape index (κ3) is 10.9. The molecule has 2 bridgehead atoms. The summed E-state index contributed by atoms with van der Waals surface area (Å²) in [4.78, 5) is 57.7. The van der Waals surface area contributed by atoms with E-state index in [0.29, 0.717) is 44.1 Å². The molecule has 1 aliphatic carbocycles. The monoisotopic (exact) mass is 809 g/mol. The van der Waals surface area contributed by atoms with Gasteiger partial charge in [-0.15, -0.1) is 11.6 Å². The highest BCUT2D eigenvalue weighted by Gasteiger charge is 2.56. The van der Waals surface area contributed by atoms with Gasteiger partial charge in [0.05, 0.1) is 29.8 Å². The van der Waals surface area contributed by atoms with Gasteiger partial charge in [0.15, 0.2) is 0 Å². The van der Waals surface area contributed by atoms with Gasteiger partial charge in [-0.05, 0) is 95.5 Å². The van der Waals surface area contributed by atoms with E-state index in [1.165, 1.54) is 19.1 Å². The number of ketones is 2. The fourth-order valence-corrected chi connectivity index (χ4v) is 9.69. The molecule has 4 rings (SSSR count). The van der Waals surface area contributed by atoms with Gasteiger partial charge in [0.1, 0.15) is 24.0 Å². The van der Waals surface area contributed by atoms with E-state index in [9.17, 15) is 29.4 Å². The fraction of sp³-hybridized carbons (Fsp3) is 0.814. The third-order valence-electron chi connectivity index (χ3n) is 12.8. The summed E-state index contributed by atoms with van der Waals surface area (Å²) in [6.45, 7) is 11.3. The normalized spacial score (nSPS) is 41.6. The number of fused-ring (bicyclic) bond motifs is 3. The van der Waals surface area contributed by atoms with Gasteiger partial charge >= 0.3 is 5.97 Å². The molecule has 14 atom stereocenters. The second-order valence-electron chi connectivity index (χ2n) is 17.1. The minimum atomic E-state index is -2.49. The molecular weight excluding hydrogens is 742 g/mol. The zero-order valence-corrected chi connectivity index (χ0v) is 35.8. The molecular formula is C43H68ClNO11. The quantitative estimate of drug-likeness (QED) is 0.146. The number of Topliss-reactive ketones (excluding diaryl/α,β-unsaturated/α-hetero) is 2. The lowest BCUT2D eigenvalue weighted by atomic mass is 9.82. The Kier molecular flexibility index (Phi) is 17.2. The number of hydrogen-bond donors (Lipinski definition) is 2. The molecule has 56 heavy (non-hydrogen) atoms. The smallest absolute Gasteiger partial charge is 0.329 e. The van der Waals surface area contributed by atoms with Gasteiger partial charge in [0.25, 0.3) is 11.7 Å². The Morgan fingerprint density at radius 2 is 1.62 bits per heavy atom. The van der Waals surface area contributed by atoms with E-state index in [1.807, 2.05) is 32.9 Å². The number of alkyl halides is 1. The fourth-order valence-electron chi connectivity index (χ4n) is 9.36. The molecule has 0 aromatic heterocycles. The maximum absolute atomic E-state index is 14.3. The number of nitrogens with zero attached hydrogens (tertiary/aromatic N) is 1.